The zero-order valence-electron chi connectivity index (χ0n) is 32.8. The van der Waals surface area contributed by atoms with Gasteiger partial charge < -0.3 is 9.80 Å². The van der Waals surface area contributed by atoms with Gasteiger partial charge in [0.2, 0.25) is 0 Å². The monoisotopic (exact) mass is 724 g/mol. The second-order valence-corrected chi connectivity index (χ2v) is 16.5. The molecule has 0 aromatic heterocycles. The second kappa shape index (κ2) is 14.4. The molecular formula is C54H48N2. The highest BCUT2D eigenvalue weighted by molar-refractivity contribution is 5.90. The van der Waals surface area contributed by atoms with Crippen molar-refractivity contribution < 1.29 is 0 Å². The van der Waals surface area contributed by atoms with Crippen molar-refractivity contribution in [2.75, 3.05) is 9.80 Å². The molecule has 0 fully saturated rings. The molecule has 8 aromatic carbocycles. The van der Waals surface area contributed by atoms with Gasteiger partial charge in [-0.2, -0.15) is 0 Å². The van der Waals surface area contributed by atoms with E-state index in [2.05, 4.69) is 232 Å². The summed E-state index contributed by atoms with van der Waals surface area (Å²) < 4.78 is 0. The summed E-state index contributed by atoms with van der Waals surface area (Å²) in [5, 5.41) is 2.47. The maximum absolute atomic E-state index is 2.47. The lowest BCUT2D eigenvalue weighted by Gasteiger charge is -2.42. The normalized spacial score (nSPS) is 14.2. The number of fused-ring (bicyclic) bond motifs is 2. The highest BCUT2D eigenvalue weighted by Gasteiger charge is 2.37. The van der Waals surface area contributed by atoms with E-state index in [0.717, 1.165) is 28.4 Å². The Bertz CT molecular complexity index is 2620. The van der Waals surface area contributed by atoms with Gasteiger partial charge in [-0.3, -0.25) is 0 Å². The van der Waals surface area contributed by atoms with Crippen molar-refractivity contribution in [2.24, 2.45) is 0 Å². The highest BCUT2D eigenvalue weighted by atomic mass is 15.1. The first-order valence-corrected chi connectivity index (χ1v) is 19.9. The third kappa shape index (κ3) is 6.77. The first kappa shape index (κ1) is 35.3. The average Bonchev–Trinajstić information content (AvgIpc) is 3.24. The molecule has 0 amide bonds. The molecule has 56 heavy (non-hydrogen) atoms. The Kier molecular flexibility index (Phi) is 9.06. The van der Waals surface area contributed by atoms with Gasteiger partial charge in [-0.05, 0) is 141 Å². The Morgan fingerprint density at radius 2 is 0.732 bits per heavy atom. The SMILES string of the molecule is CC1(C)CCC(C)(C)c2cc(N(c3ccc(-c4ccccc4)cc3)c3cccc(-c4ccc(N(c5ccccc5)c5ccc6ccccc6c5)cc4)c3)ccc21. The van der Waals surface area contributed by atoms with Crippen LogP contribution in [0.2, 0.25) is 0 Å². The van der Waals surface area contributed by atoms with Gasteiger partial charge in [0.15, 0.2) is 0 Å². The minimum Gasteiger partial charge on any atom is -0.310 e. The van der Waals surface area contributed by atoms with E-state index in [9.17, 15) is 0 Å². The fourth-order valence-electron chi connectivity index (χ4n) is 8.56. The van der Waals surface area contributed by atoms with Crippen molar-refractivity contribution in [2.45, 2.75) is 51.4 Å². The number of nitrogens with zero attached hydrogens (tertiary/aromatic N) is 2. The summed E-state index contributed by atoms with van der Waals surface area (Å²) in [5.41, 5.74) is 14.8. The highest BCUT2D eigenvalue weighted by Crippen LogP contribution is 2.48. The summed E-state index contributed by atoms with van der Waals surface area (Å²) in [7, 11) is 0. The number of benzene rings is 8. The van der Waals surface area contributed by atoms with Crippen molar-refractivity contribution in [3.05, 3.63) is 205 Å². The van der Waals surface area contributed by atoms with Crippen LogP contribution in [0.25, 0.3) is 33.0 Å². The minimum atomic E-state index is 0.105. The van der Waals surface area contributed by atoms with Crippen LogP contribution >= 0.6 is 0 Å². The first-order valence-electron chi connectivity index (χ1n) is 19.9. The van der Waals surface area contributed by atoms with E-state index in [0.29, 0.717) is 0 Å². The van der Waals surface area contributed by atoms with E-state index in [4.69, 9.17) is 0 Å². The topological polar surface area (TPSA) is 6.48 Å². The predicted octanol–water partition coefficient (Wildman–Crippen LogP) is 15.5. The van der Waals surface area contributed by atoms with Crippen LogP contribution < -0.4 is 9.80 Å². The summed E-state index contributed by atoms with van der Waals surface area (Å²) in [6.07, 6.45) is 2.37. The van der Waals surface area contributed by atoms with E-state index in [1.165, 1.54) is 62.7 Å². The van der Waals surface area contributed by atoms with Crippen LogP contribution in [0.3, 0.4) is 0 Å². The molecule has 9 rings (SSSR count). The van der Waals surface area contributed by atoms with Crippen LogP contribution in [0, 0.1) is 0 Å². The van der Waals surface area contributed by atoms with Crippen molar-refractivity contribution in [3.63, 3.8) is 0 Å². The molecule has 0 heterocycles. The van der Waals surface area contributed by atoms with Gasteiger partial charge in [0.25, 0.3) is 0 Å². The smallest absolute Gasteiger partial charge is 0.0468 e. The van der Waals surface area contributed by atoms with Crippen molar-refractivity contribution in [1.82, 2.24) is 0 Å². The molecule has 0 saturated heterocycles. The van der Waals surface area contributed by atoms with E-state index in [-0.39, 0.29) is 10.8 Å². The standard InChI is InChI=1S/C54H48N2/c1-53(2)34-35-54(3,4)52-38-50(32-33-51(52)53)56(47-27-22-41(23-28-47)39-14-7-5-8-15-39)48-21-13-18-44(36-48)42-24-29-46(30-25-42)55(45-19-9-6-10-20-45)49-31-26-40-16-11-12-17-43(40)37-49/h5-33,36-38H,34-35H2,1-4H3. The molecule has 0 bridgehead atoms. The third-order valence-corrected chi connectivity index (χ3v) is 11.9. The van der Waals surface area contributed by atoms with Gasteiger partial charge in [0, 0.05) is 34.1 Å². The lowest BCUT2D eigenvalue weighted by atomic mass is 9.63. The van der Waals surface area contributed by atoms with Crippen molar-refractivity contribution in [1.29, 1.82) is 0 Å². The molecule has 8 aromatic rings. The maximum atomic E-state index is 2.47. The molecule has 1 aliphatic carbocycles. The van der Waals surface area contributed by atoms with E-state index < -0.39 is 0 Å². The van der Waals surface area contributed by atoms with Gasteiger partial charge in [-0.25, -0.2) is 0 Å². The third-order valence-electron chi connectivity index (χ3n) is 11.9. The summed E-state index contributed by atoms with van der Waals surface area (Å²) in [4.78, 5) is 4.77. The summed E-state index contributed by atoms with van der Waals surface area (Å²) in [6.45, 7) is 9.62. The van der Waals surface area contributed by atoms with Crippen LogP contribution in [0.5, 0.6) is 0 Å². The van der Waals surface area contributed by atoms with Gasteiger partial charge in [-0.15, -0.1) is 0 Å². The van der Waals surface area contributed by atoms with Crippen LogP contribution in [-0.4, -0.2) is 0 Å². The quantitative estimate of drug-likeness (QED) is 0.154. The minimum absolute atomic E-state index is 0.105. The van der Waals surface area contributed by atoms with E-state index in [1.54, 1.807) is 0 Å². The Labute approximate surface area is 332 Å². The largest absolute Gasteiger partial charge is 0.310 e. The van der Waals surface area contributed by atoms with Crippen LogP contribution in [0.1, 0.15) is 51.7 Å². The average molecular weight is 725 g/mol. The van der Waals surface area contributed by atoms with E-state index in [1.807, 2.05) is 0 Å². The van der Waals surface area contributed by atoms with Crippen LogP contribution in [0.4, 0.5) is 34.1 Å². The first-order chi connectivity index (χ1) is 27.2. The summed E-state index contributed by atoms with van der Waals surface area (Å²) in [5.74, 6) is 0. The second-order valence-electron chi connectivity index (χ2n) is 16.5. The zero-order valence-corrected chi connectivity index (χ0v) is 32.8. The molecule has 0 radical (unpaired) electrons. The van der Waals surface area contributed by atoms with Crippen LogP contribution in [-0.2, 0) is 10.8 Å². The number of anilines is 6. The number of hydrogen-bond acceptors (Lipinski definition) is 2. The Morgan fingerprint density at radius 3 is 1.41 bits per heavy atom. The fraction of sp³-hybridized carbons (Fsp3) is 0.148. The predicted molar refractivity (Wildman–Crippen MR) is 239 cm³/mol. The molecule has 0 unspecified atom stereocenters. The maximum Gasteiger partial charge on any atom is 0.0468 e. The van der Waals surface area contributed by atoms with Crippen molar-refractivity contribution >= 4 is 44.9 Å². The zero-order chi connectivity index (χ0) is 38.3. The number of hydrogen-bond donors (Lipinski definition) is 0. The Balaban J connectivity index is 1.11. The number of para-hydroxylation sites is 1. The molecule has 0 atom stereocenters. The molecule has 2 heteroatoms. The van der Waals surface area contributed by atoms with Crippen LogP contribution in [0.15, 0.2) is 194 Å². The fourth-order valence-corrected chi connectivity index (χ4v) is 8.56. The van der Waals surface area contributed by atoms with Gasteiger partial charge in [-0.1, -0.05) is 149 Å². The Hall–Kier alpha value is -6.38. The van der Waals surface area contributed by atoms with Gasteiger partial charge in [0.05, 0.1) is 0 Å². The molecule has 0 saturated carbocycles. The summed E-state index contributed by atoms with van der Waals surface area (Å²) >= 11 is 0. The van der Waals surface area contributed by atoms with Gasteiger partial charge in [0.1, 0.15) is 0 Å². The van der Waals surface area contributed by atoms with Gasteiger partial charge >= 0.3 is 0 Å². The molecule has 274 valence electrons. The number of rotatable bonds is 8. The molecule has 2 nitrogen and oxygen atoms in total. The summed E-state index contributed by atoms with van der Waals surface area (Å²) in [6, 6.07) is 70.8. The Morgan fingerprint density at radius 1 is 0.304 bits per heavy atom. The molecule has 0 spiro atoms. The van der Waals surface area contributed by atoms with E-state index >= 15 is 0 Å². The molecule has 0 N–H and O–H groups in total. The molecule has 0 aliphatic heterocycles. The van der Waals surface area contributed by atoms with Crippen molar-refractivity contribution in [3.8, 4) is 22.3 Å². The molecule has 1 aliphatic rings. The molecular weight excluding hydrogens is 677 g/mol. The lowest BCUT2D eigenvalue weighted by Crippen LogP contribution is -2.34. The lowest BCUT2D eigenvalue weighted by molar-refractivity contribution is 0.332.